The fraction of sp³-hybridized carbons (Fsp3) is 0.500. The van der Waals surface area contributed by atoms with E-state index in [1.165, 1.54) is 44.2 Å². The monoisotopic (exact) mass is 315 g/mol. The van der Waals surface area contributed by atoms with E-state index in [9.17, 15) is 10.1 Å². The molecule has 23 heavy (non-hydrogen) atoms. The maximum absolute atomic E-state index is 10.9. The first-order valence-electron chi connectivity index (χ1n) is 7.98. The van der Waals surface area contributed by atoms with E-state index in [-0.39, 0.29) is 5.69 Å². The third-order valence-electron chi connectivity index (χ3n) is 4.42. The van der Waals surface area contributed by atoms with Gasteiger partial charge in [-0.05, 0) is 19.9 Å². The van der Waals surface area contributed by atoms with Gasteiger partial charge < -0.3 is 0 Å². The maximum Gasteiger partial charge on any atom is 0.270 e. The third-order valence-corrected chi connectivity index (χ3v) is 4.42. The van der Waals surface area contributed by atoms with Gasteiger partial charge in [-0.25, -0.2) is 9.67 Å². The van der Waals surface area contributed by atoms with E-state index < -0.39 is 4.92 Å². The number of nitro groups is 1. The molecule has 0 atom stereocenters. The summed E-state index contributed by atoms with van der Waals surface area (Å²) in [6.07, 6.45) is 8.10. The Labute approximate surface area is 135 Å². The van der Waals surface area contributed by atoms with Crippen LogP contribution in [0.25, 0.3) is 11.4 Å². The lowest BCUT2D eigenvalue weighted by atomic mass is 9.95. The first-order valence-corrected chi connectivity index (χ1v) is 7.98. The molecule has 7 heteroatoms. The molecule has 1 fully saturated rings. The zero-order valence-electron chi connectivity index (χ0n) is 13.3. The number of hydrogen-bond donors (Lipinski definition) is 0. The molecule has 0 aliphatic heterocycles. The van der Waals surface area contributed by atoms with Gasteiger partial charge >= 0.3 is 0 Å². The molecule has 0 amide bonds. The molecule has 0 radical (unpaired) electrons. The van der Waals surface area contributed by atoms with Crippen molar-refractivity contribution in [1.82, 2.24) is 19.7 Å². The van der Waals surface area contributed by atoms with Crippen molar-refractivity contribution < 1.29 is 4.92 Å². The minimum atomic E-state index is -0.405. The fourth-order valence-electron chi connectivity index (χ4n) is 3.12. The highest BCUT2D eigenvalue weighted by atomic mass is 16.6. The predicted octanol–water partition coefficient (Wildman–Crippen LogP) is 3.08. The van der Waals surface area contributed by atoms with E-state index in [0.717, 1.165) is 0 Å². The molecule has 1 heterocycles. The van der Waals surface area contributed by atoms with Crippen molar-refractivity contribution in [3.05, 3.63) is 40.7 Å². The van der Waals surface area contributed by atoms with Crippen LogP contribution in [0.3, 0.4) is 0 Å². The highest BCUT2D eigenvalue weighted by molar-refractivity contribution is 5.58. The van der Waals surface area contributed by atoms with Gasteiger partial charge in [-0.3, -0.25) is 15.0 Å². The van der Waals surface area contributed by atoms with Gasteiger partial charge in [-0.15, -0.1) is 5.10 Å². The van der Waals surface area contributed by atoms with Crippen LogP contribution in [0.15, 0.2) is 30.6 Å². The Bertz CT molecular complexity index is 679. The zero-order valence-corrected chi connectivity index (χ0v) is 13.3. The van der Waals surface area contributed by atoms with E-state index in [0.29, 0.717) is 24.1 Å². The summed E-state index contributed by atoms with van der Waals surface area (Å²) in [4.78, 5) is 17.1. The van der Waals surface area contributed by atoms with Crippen LogP contribution in [0.2, 0.25) is 0 Å². The molecule has 0 saturated heterocycles. The lowest BCUT2D eigenvalue weighted by Crippen LogP contribution is -2.35. The van der Waals surface area contributed by atoms with Gasteiger partial charge in [0, 0.05) is 23.7 Å². The quantitative estimate of drug-likeness (QED) is 0.626. The summed E-state index contributed by atoms with van der Waals surface area (Å²) in [5.74, 6) is 0.519. The first kappa shape index (κ1) is 15.6. The van der Waals surface area contributed by atoms with E-state index in [2.05, 4.69) is 22.0 Å². The third kappa shape index (κ3) is 3.73. The van der Waals surface area contributed by atoms with Crippen molar-refractivity contribution in [2.75, 3.05) is 7.05 Å². The summed E-state index contributed by atoms with van der Waals surface area (Å²) in [6, 6.07) is 7.02. The Morgan fingerprint density at radius 1 is 1.35 bits per heavy atom. The normalized spacial score (nSPS) is 15.9. The van der Waals surface area contributed by atoms with Crippen molar-refractivity contribution in [2.45, 2.75) is 44.8 Å². The summed E-state index contributed by atoms with van der Waals surface area (Å²) < 4.78 is 1.79. The zero-order chi connectivity index (χ0) is 16.2. The largest absolute Gasteiger partial charge is 0.284 e. The van der Waals surface area contributed by atoms with E-state index in [1.54, 1.807) is 23.1 Å². The number of aromatic nitrogens is 3. The minimum Gasteiger partial charge on any atom is -0.284 e. The smallest absolute Gasteiger partial charge is 0.270 e. The van der Waals surface area contributed by atoms with Crippen molar-refractivity contribution in [3.63, 3.8) is 0 Å². The van der Waals surface area contributed by atoms with Gasteiger partial charge in [0.25, 0.3) is 5.69 Å². The highest BCUT2D eigenvalue weighted by Crippen LogP contribution is 2.23. The van der Waals surface area contributed by atoms with Gasteiger partial charge in [0.2, 0.25) is 0 Å². The number of nitro benzene ring substituents is 1. The average Bonchev–Trinajstić information content (AvgIpc) is 3.04. The van der Waals surface area contributed by atoms with Crippen LogP contribution in [-0.2, 0) is 6.67 Å². The van der Waals surface area contributed by atoms with Gasteiger partial charge in [0.05, 0.1) is 11.6 Å². The number of non-ortho nitro benzene ring substituents is 1. The molecule has 0 spiro atoms. The van der Waals surface area contributed by atoms with Gasteiger partial charge in [-0.2, -0.15) is 0 Å². The van der Waals surface area contributed by atoms with Crippen molar-refractivity contribution >= 4 is 5.69 Å². The number of benzene rings is 1. The molecule has 1 saturated carbocycles. The van der Waals surface area contributed by atoms with Gasteiger partial charge in [0.1, 0.15) is 6.33 Å². The maximum atomic E-state index is 10.9. The van der Waals surface area contributed by atoms with Crippen LogP contribution in [-0.4, -0.2) is 37.7 Å². The van der Waals surface area contributed by atoms with Crippen molar-refractivity contribution in [2.24, 2.45) is 0 Å². The lowest BCUT2D eigenvalue weighted by Gasteiger charge is -2.30. The minimum absolute atomic E-state index is 0.0539. The number of nitrogens with zero attached hydrogens (tertiary/aromatic N) is 5. The van der Waals surface area contributed by atoms with E-state index in [4.69, 9.17) is 0 Å². The van der Waals surface area contributed by atoms with Crippen molar-refractivity contribution in [1.29, 1.82) is 0 Å². The molecule has 3 rings (SSSR count). The standard InChI is InChI=1S/C16H21N5O2/c1-19(14-7-3-2-4-8-14)12-20-11-17-16(18-20)13-6-5-9-15(10-13)21(22)23/h5-6,9-11,14H,2-4,7-8,12H2,1H3. The molecule has 7 nitrogen and oxygen atoms in total. The predicted molar refractivity (Wildman–Crippen MR) is 86.7 cm³/mol. The number of hydrogen-bond acceptors (Lipinski definition) is 5. The molecule has 0 bridgehead atoms. The number of rotatable bonds is 5. The second kappa shape index (κ2) is 6.87. The molecule has 1 aromatic heterocycles. The second-order valence-electron chi connectivity index (χ2n) is 6.11. The molecule has 1 aromatic carbocycles. The van der Waals surface area contributed by atoms with Crippen LogP contribution in [0.1, 0.15) is 32.1 Å². The van der Waals surface area contributed by atoms with E-state index in [1.807, 2.05) is 0 Å². The van der Waals surface area contributed by atoms with Gasteiger partial charge in [0.15, 0.2) is 5.82 Å². The molecular weight excluding hydrogens is 294 g/mol. The van der Waals surface area contributed by atoms with Gasteiger partial charge in [-0.1, -0.05) is 31.4 Å². The summed E-state index contributed by atoms with van der Waals surface area (Å²) >= 11 is 0. The molecule has 122 valence electrons. The van der Waals surface area contributed by atoms with Crippen LogP contribution in [0.4, 0.5) is 5.69 Å². The first-order chi connectivity index (χ1) is 11.1. The Morgan fingerprint density at radius 2 is 2.13 bits per heavy atom. The van der Waals surface area contributed by atoms with Crippen LogP contribution >= 0.6 is 0 Å². The molecular formula is C16H21N5O2. The Hall–Kier alpha value is -2.28. The average molecular weight is 315 g/mol. The Balaban J connectivity index is 1.70. The lowest BCUT2D eigenvalue weighted by molar-refractivity contribution is -0.384. The van der Waals surface area contributed by atoms with Crippen LogP contribution < -0.4 is 0 Å². The molecule has 0 N–H and O–H groups in total. The summed E-state index contributed by atoms with van der Waals surface area (Å²) in [6.45, 7) is 0.687. The van der Waals surface area contributed by atoms with Crippen LogP contribution in [0, 0.1) is 10.1 Å². The Morgan fingerprint density at radius 3 is 2.87 bits per heavy atom. The topological polar surface area (TPSA) is 77.1 Å². The van der Waals surface area contributed by atoms with E-state index >= 15 is 0 Å². The highest BCUT2D eigenvalue weighted by Gasteiger charge is 2.18. The SMILES string of the molecule is CN(Cn1cnc(-c2cccc([N+](=O)[O-])c2)n1)C1CCCCC1. The summed E-state index contributed by atoms with van der Waals surface area (Å²) in [5, 5.41) is 15.3. The molecule has 0 unspecified atom stereocenters. The molecule has 1 aliphatic rings. The van der Waals surface area contributed by atoms with Crippen LogP contribution in [0.5, 0.6) is 0 Å². The fourth-order valence-corrected chi connectivity index (χ4v) is 3.12. The summed E-state index contributed by atoms with van der Waals surface area (Å²) in [5.41, 5.74) is 0.719. The van der Waals surface area contributed by atoms with Crippen molar-refractivity contribution in [3.8, 4) is 11.4 Å². The molecule has 1 aliphatic carbocycles. The Kier molecular flexibility index (Phi) is 4.66. The molecule has 2 aromatic rings. The summed E-state index contributed by atoms with van der Waals surface area (Å²) in [7, 11) is 2.12. The second-order valence-corrected chi connectivity index (χ2v) is 6.11.